The summed E-state index contributed by atoms with van der Waals surface area (Å²) in [5, 5.41) is 41.7. The number of aliphatic hydroxyl groups is 3. The second-order valence-corrected chi connectivity index (χ2v) is 11.0. The summed E-state index contributed by atoms with van der Waals surface area (Å²) in [5.74, 6) is 0.500. The molecule has 3 aliphatic rings. The Kier molecular flexibility index (Phi) is 7.02. The molecule has 7 unspecified atom stereocenters. The lowest BCUT2D eigenvalue weighted by Crippen LogP contribution is -2.53. The first-order valence-electron chi connectivity index (χ1n) is 11.8. The van der Waals surface area contributed by atoms with Crippen molar-refractivity contribution < 1.29 is 25.2 Å². The maximum absolute atomic E-state index is 11.4. The third-order valence-electron chi connectivity index (χ3n) is 9.20. The molecule has 3 fully saturated rings. The lowest BCUT2D eigenvalue weighted by atomic mass is 9.50. The molecule has 4 N–H and O–H groups in total. The van der Waals surface area contributed by atoms with Crippen molar-refractivity contribution in [1.29, 1.82) is 0 Å². The fourth-order valence-electron chi connectivity index (χ4n) is 7.38. The van der Waals surface area contributed by atoms with Crippen LogP contribution in [0.4, 0.5) is 0 Å². The van der Waals surface area contributed by atoms with E-state index >= 15 is 0 Å². The Bertz CT molecular complexity index is 576. The van der Waals surface area contributed by atoms with Gasteiger partial charge in [0.05, 0.1) is 17.8 Å². The Labute approximate surface area is 175 Å². The van der Waals surface area contributed by atoms with Crippen molar-refractivity contribution in [2.45, 2.75) is 109 Å². The number of carboxylic acids is 1. The molecule has 5 heteroatoms. The van der Waals surface area contributed by atoms with Gasteiger partial charge in [0.25, 0.3) is 0 Å². The van der Waals surface area contributed by atoms with Crippen LogP contribution in [0.3, 0.4) is 0 Å². The number of rotatable bonds is 4. The first kappa shape index (κ1) is 23.0. The highest BCUT2D eigenvalue weighted by Crippen LogP contribution is 2.58. The molecule has 168 valence electrons. The topological polar surface area (TPSA) is 98.0 Å². The summed E-state index contributed by atoms with van der Waals surface area (Å²) in [5.41, 5.74) is -0.677. The Morgan fingerprint density at radius 3 is 2.48 bits per heavy atom. The summed E-state index contributed by atoms with van der Waals surface area (Å²) in [6.45, 7) is 6.40. The molecule has 0 radical (unpaired) electrons. The normalized spacial score (nSPS) is 47.1. The molecule has 0 aromatic rings. The van der Waals surface area contributed by atoms with Gasteiger partial charge in [0, 0.05) is 6.42 Å². The third kappa shape index (κ3) is 4.83. The minimum Gasteiger partial charge on any atom is -0.481 e. The number of fused-ring (bicyclic) bond motifs is 3. The van der Waals surface area contributed by atoms with E-state index in [1.165, 1.54) is 0 Å². The van der Waals surface area contributed by atoms with Crippen LogP contribution in [-0.2, 0) is 4.79 Å². The van der Waals surface area contributed by atoms with Gasteiger partial charge in [-0.15, -0.1) is 0 Å². The van der Waals surface area contributed by atoms with Gasteiger partial charge in [-0.05, 0) is 99.7 Å². The van der Waals surface area contributed by atoms with E-state index in [0.29, 0.717) is 24.7 Å². The number of hydrogen-bond acceptors (Lipinski definition) is 4. The molecule has 3 rings (SSSR count). The van der Waals surface area contributed by atoms with Crippen LogP contribution in [0.2, 0.25) is 0 Å². The van der Waals surface area contributed by atoms with Gasteiger partial charge in [-0.1, -0.05) is 20.3 Å². The molecule has 0 aliphatic heterocycles. The quantitative estimate of drug-likeness (QED) is 0.562. The van der Waals surface area contributed by atoms with Gasteiger partial charge in [-0.25, -0.2) is 0 Å². The van der Waals surface area contributed by atoms with Crippen LogP contribution in [0.15, 0.2) is 0 Å². The van der Waals surface area contributed by atoms with Gasteiger partial charge in [-0.2, -0.15) is 0 Å². The Morgan fingerprint density at radius 1 is 1.07 bits per heavy atom. The minimum atomic E-state index is -0.810. The standard InChI is InChI=1S/C24H42O5/c1-15(7-8-22(27)28)19-6-4-5-18-20(10-12-24(19,3)29)23(2)11-9-17(25)13-16(23)14-21(18)26/h15-21,25-26,29H,4-14H2,1-3H3,(H,27,28)/t15-,16?,17-,18?,19?,20?,21?,23?,24?/m1/s1. The van der Waals surface area contributed by atoms with Gasteiger partial charge in [0.2, 0.25) is 0 Å². The number of aliphatic carboxylic acids is 1. The van der Waals surface area contributed by atoms with Crippen molar-refractivity contribution in [2.24, 2.45) is 35.0 Å². The molecule has 29 heavy (non-hydrogen) atoms. The van der Waals surface area contributed by atoms with Crippen LogP contribution >= 0.6 is 0 Å². The molecule has 0 spiro atoms. The number of carboxylic acid groups (broad SMARTS) is 1. The SMILES string of the molecule is C[C@H](CCC(=O)O)C1CCCC2C(O)CC3C[C@H](O)CCC3(C)C2CCC1(C)O. The first-order chi connectivity index (χ1) is 13.5. The molecule has 0 bridgehead atoms. The van der Waals surface area contributed by atoms with E-state index in [2.05, 4.69) is 13.8 Å². The zero-order chi connectivity index (χ0) is 21.4. The molecule has 0 heterocycles. The highest BCUT2D eigenvalue weighted by molar-refractivity contribution is 5.66. The number of aliphatic hydroxyl groups excluding tert-OH is 2. The highest BCUT2D eigenvalue weighted by atomic mass is 16.4. The average Bonchev–Trinajstić information content (AvgIpc) is 2.70. The molecule has 0 aromatic heterocycles. The second kappa shape index (κ2) is 8.84. The highest BCUT2D eigenvalue weighted by Gasteiger charge is 2.54. The van der Waals surface area contributed by atoms with Crippen LogP contribution in [0, 0.1) is 35.0 Å². The summed E-state index contributed by atoms with van der Waals surface area (Å²) < 4.78 is 0. The lowest BCUT2D eigenvalue weighted by molar-refractivity contribution is -0.137. The van der Waals surface area contributed by atoms with E-state index in [-0.39, 0.29) is 41.8 Å². The fraction of sp³-hybridized carbons (Fsp3) is 0.958. The predicted octanol–water partition coefficient (Wildman–Crippen LogP) is 3.98. The molecule has 5 nitrogen and oxygen atoms in total. The third-order valence-corrected chi connectivity index (χ3v) is 9.20. The number of carbonyl (C=O) groups is 1. The Morgan fingerprint density at radius 2 is 1.79 bits per heavy atom. The second-order valence-electron chi connectivity index (χ2n) is 11.0. The predicted molar refractivity (Wildman–Crippen MR) is 112 cm³/mol. The van der Waals surface area contributed by atoms with Gasteiger partial charge in [0.1, 0.15) is 0 Å². The van der Waals surface area contributed by atoms with E-state index in [1.807, 2.05) is 6.92 Å². The monoisotopic (exact) mass is 410 g/mol. The van der Waals surface area contributed by atoms with Crippen molar-refractivity contribution >= 4 is 5.97 Å². The molecule has 9 atom stereocenters. The van der Waals surface area contributed by atoms with E-state index in [9.17, 15) is 20.1 Å². The first-order valence-corrected chi connectivity index (χ1v) is 11.8. The van der Waals surface area contributed by atoms with E-state index in [0.717, 1.165) is 51.4 Å². The lowest BCUT2D eigenvalue weighted by Gasteiger charge is -2.56. The zero-order valence-corrected chi connectivity index (χ0v) is 18.5. The fourth-order valence-corrected chi connectivity index (χ4v) is 7.38. The maximum atomic E-state index is 11.4. The average molecular weight is 411 g/mol. The molecule has 0 saturated heterocycles. The van der Waals surface area contributed by atoms with Crippen LogP contribution in [-0.4, -0.2) is 44.2 Å². The van der Waals surface area contributed by atoms with E-state index in [4.69, 9.17) is 5.11 Å². The van der Waals surface area contributed by atoms with Crippen LogP contribution in [0.1, 0.15) is 91.4 Å². The van der Waals surface area contributed by atoms with Crippen molar-refractivity contribution in [3.8, 4) is 0 Å². The summed E-state index contributed by atoms with van der Waals surface area (Å²) in [6, 6.07) is 0. The number of hydrogen-bond donors (Lipinski definition) is 4. The zero-order valence-electron chi connectivity index (χ0n) is 18.5. The summed E-state index contributed by atoms with van der Waals surface area (Å²) >= 11 is 0. The maximum Gasteiger partial charge on any atom is 0.303 e. The molecule has 3 saturated carbocycles. The molecular weight excluding hydrogens is 368 g/mol. The van der Waals surface area contributed by atoms with Crippen molar-refractivity contribution in [3.63, 3.8) is 0 Å². The minimum absolute atomic E-state index is 0.0935. The summed E-state index contributed by atoms with van der Waals surface area (Å²) in [7, 11) is 0. The van der Waals surface area contributed by atoms with E-state index in [1.54, 1.807) is 0 Å². The largest absolute Gasteiger partial charge is 0.481 e. The molecule has 3 aliphatic carbocycles. The van der Waals surface area contributed by atoms with Crippen LogP contribution < -0.4 is 0 Å². The smallest absolute Gasteiger partial charge is 0.303 e. The van der Waals surface area contributed by atoms with Crippen LogP contribution in [0.25, 0.3) is 0 Å². The molecule has 0 aromatic carbocycles. The van der Waals surface area contributed by atoms with Crippen molar-refractivity contribution in [1.82, 2.24) is 0 Å². The van der Waals surface area contributed by atoms with Crippen LogP contribution in [0.5, 0.6) is 0 Å². The summed E-state index contributed by atoms with van der Waals surface area (Å²) in [4.78, 5) is 11.0. The van der Waals surface area contributed by atoms with Gasteiger partial charge >= 0.3 is 5.97 Å². The van der Waals surface area contributed by atoms with E-state index < -0.39 is 11.6 Å². The van der Waals surface area contributed by atoms with Gasteiger partial charge in [0.15, 0.2) is 0 Å². The molecule has 0 amide bonds. The van der Waals surface area contributed by atoms with Gasteiger partial charge < -0.3 is 20.4 Å². The Hall–Kier alpha value is -0.650. The van der Waals surface area contributed by atoms with Crippen molar-refractivity contribution in [3.05, 3.63) is 0 Å². The summed E-state index contributed by atoms with van der Waals surface area (Å²) in [6.07, 6.45) is 8.09. The van der Waals surface area contributed by atoms with Gasteiger partial charge in [-0.3, -0.25) is 4.79 Å². The Balaban J connectivity index is 1.79. The van der Waals surface area contributed by atoms with Crippen molar-refractivity contribution in [2.75, 3.05) is 0 Å². The molecular formula is C24H42O5.